The summed E-state index contributed by atoms with van der Waals surface area (Å²) in [6.07, 6.45) is 3.51. The lowest BCUT2D eigenvalue weighted by molar-refractivity contribution is -0.362. The van der Waals surface area contributed by atoms with Gasteiger partial charge in [0.15, 0.2) is 5.70 Å². The maximum absolute atomic E-state index is 15.3. The number of phenolic OH excluding ortho intramolecular Hbond substituents is 1. The van der Waals surface area contributed by atoms with Gasteiger partial charge in [0.1, 0.15) is 11.5 Å². The van der Waals surface area contributed by atoms with Crippen molar-refractivity contribution in [3.05, 3.63) is 83.3 Å². The molecule has 0 fully saturated rings. The Bertz CT molecular complexity index is 1230. The summed E-state index contributed by atoms with van der Waals surface area (Å²) in [4.78, 5) is 0. The second-order valence-corrected chi connectivity index (χ2v) is 7.17. The van der Waals surface area contributed by atoms with E-state index in [0.29, 0.717) is 22.8 Å². The lowest BCUT2D eigenvalue weighted by Gasteiger charge is -2.33. The average molecular weight is 362 g/mol. The van der Waals surface area contributed by atoms with Crippen LogP contribution in [0.3, 0.4) is 0 Å². The molecule has 5 rings (SSSR count). The van der Waals surface area contributed by atoms with Gasteiger partial charge in [-0.25, -0.2) is 0 Å². The topological polar surface area (TPSA) is 28.2 Å². The van der Waals surface area contributed by atoms with Crippen molar-refractivity contribution in [2.75, 3.05) is 0 Å². The summed E-state index contributed by atoms with van der Waals surface area (Å²) in [6.45, 7) is -0.504. The number of hydrogen-bond acceptors (Lipinski definition) is 1. The zero-order valence-corrected chi connectivity index (χ0v) is 14.9. The first kappa shape index (κ1) is 16.1. The molecule has 3 heterocycles. The Morgan fingerprint density at radius 1 is 0.926 bits per heavy atom. The molecular weight excluding hydrogens is 345 g/mol. The highest BCUT2D eigenvalue weighted by Gasteiger charge is 2.53. The molecule has 1 N–H and O–H groups in total. The number of fused-ring (bicyclic) bond motifs is 3. The number of phenols is 1. The van der Waals surface area contributed by atoms with Gasteiger partial charge < -0.3 is 22.7 Å². The van der Waals surface area contributed by atoms with Crippen LogP contribution < -0.4 is 0 Å². The lowest BCUT2D eigenvalue weighted by atomic mass is 9.85. The number of hydrogen-bond donors (Lipinski definition) is 1. The van der Waals surface area contributed by atoms with Crippen molar-refractivity contribution in [3.8, 4) is 5.75 Å². The molecule has 3 nitrogen and oxygen atoms in total. The maximum Gasteiger partial charge on any atom is 0.737 e. The standard InChI is InChI=1S/C21H17BF2N2O/c1-13-3-9-19-21(17-6-5-16-12-18(27)8-7-15(16)11-17)20-10-4-14(2)26(20)22(23,24)25(13)19/h3-12,27H,1-2H3. The Kier molecular flexibility index (Phi) is 3.09. The van der Waals surface area contributed by atoms with Crippen LogP contribution in [0.5, 0.6) is 5.75 Å². The van der Waals surface area contributed by atoms with Crippen LogP contribution in [-0.2, 0) is 0 Å². The van der Waals surface area contributed by atoms with Crippen LogP contribution >= 0.6 is 0 Å². The summed E-state index contributed by atoms with van der Waals surface area (Å²) >= 11 is 0. The van der Waals surface area contributed by atoms with E-state index in [-0.39, 0.29) is 5.75 Å². The van der Waals surface area contributed by atoms with E-state index >= 15 is 8.63 Å². The summed E-state index contributed by atoms with van der Waals surface area (Å²) in [5, 5.41) is 11.5. The zero-order chi connectivity index (χ0) is 18.9. The van der Waals surface area contributed by atoms with Crippen LogP contribution in [0.2, 0.25) is 0 Å². The highest BCUT2D eigenvalue weighted by Crippen LogP contribution is 2.41. The van der Waals surface area contributed by atoms with Gasteiger partial charge in [-0.1, -0.05) is 18.2 Å². The second-order valence-electron chi connectivity index (χ2n) is 7.17. The van der Waals surface area contributed by atoms with Crippen LogP contribution in [0.15, 0.2) is 66.4 Å². The van der Waals surface area contributed by atoms with Crippen molar-refractivity contribution in [3.63, 3.8) is 0 Å². The van der Waals surface area contributed by atoms with Gasteiger partial charge in [0.05, 0.1) is 5.57 Å². The molecule has 6 heteroatoms. The molecule has 0 amide bonds. The number of aryl methyl sites for hydroxylation is 1. The Balaban J connectivity index is 1.84. The molecule has 0 atom stereocenters. The van der Waals surface area contributed by atoms with Crippen molar-refractivity contribution in [2.45, 2.75) is 13.8 Å². The third-order valence-corrected chi connectivity index (χ3v) is 5.49. The molecule has 0 unspecified atom stereocenters. The van der Waals surface area contributed by atoms with Gasteiger partial charge in [-0.2, -0.15) is 0 Å². The monoisotopic (exact) mass is 362 g/mol. The highest BCUT2D eigenvalue weighted by atomic mass is 19.2. The lowest BCUT2D eigenvalue weighted by Crippen LogP contribution is -2.51. The molecule has 0 bridgehead atoms. The maximum atomic E-state index is 15.3. The van der Waals surface area contributed by atoms with Crippen molar-refractivity contribution in [2.24, 2.45) is 0 Å². The smallest absolute Gasteiger partial charge is 0.508 e. The summed E-state index contributed by atoms with van der Waals surface area (Å²) in [5.41, 5.74) is 3.80. The highest BCUT2D eigenvalue weighted by molar-refractivity contribution is 6.58. The van der Waals surface area contributed by atoms with Gasteiger partial charge in [0.25, 0.3) is 0 Å². The number of aromatic hydroxyl groups is 1. The van der Waals surface area contributed by atoms with Gasteiger partial charge in [0, 0.05) is 24.8 Å². The van der Waals surface area contributed by atoms with Crippen LogP contribution in [-0.4, -0.2) is 26.8 Å². The Labute approximate surface area is 155 Å². The third-order valence-electron chi connectivity index (χ3n) is 5.49. The SMILES string of the molecule is CC1=[N+]2C(=C(c3ccc4cc(O)ccc4c3)c3ccc(C)n3[B-]2(F)F)C=C1. The molecule has 27 heavy (non-hydrogen) atoms. The fraction of sp³-hybridized carbons (Fsp3) is 0.0952. The largest absolute Gasteiger partial charge is 0.737 e. The summed E-state index contributed by atoms with van der Waals surface area (Å²) in [5.74, 6) is 0.205. The van der Waals surface area contributed by atoms with Crippen LogP contribution in [0.4, 0.5) is 8.63 Å². The van der Waals surface area contributed by atoms with E-state index in [4.69, 9.17) is 0 Å². The molecular formula is C21H17BF2N2O. The molecule has 2 aliphatic rings. The van der Waals surface area contributed by atoms with Gasteiger partial charge in [-0.05, 0) is 59.3 Å². The summed E-state index contributed by atoms with van der Waals surface area (Å²) in [6, 6.07) is 14.5. The predicted molar refractivity (Wildman–Crippen MR) is 104 cm³/mol. The molecule has 2 aliphatic heterocycles. The number of halogens is 2. The van der Waals surface area contributed by atoms with E-state index in [1.165, 1.54) is 0 Å². The minimum absolute atomic E-state index is 0.205. The molecule has 3 aromatic rings. The fourth-order valence-corrected chi connectivity index (χ4v) is 4.26. The average Bonchev–Trinajstić information content (AvgIpc) is 3.20. The first-order valence-corrected chi connectivity index (χ1v) is 8.87. The molecule has 0 saturated heterocycles. The minimum atomic E-state index is -3.93. The molecule has 0 saturated carbocycles. The predicted octanol–water partition coefficient (Wildman–Crippen LogP) is 4.69. The Morgan fingerprint density at radius 2 is 1.67 bits per heavy atom. The van der Waals surface area contributed by atoms with Gasteiger partial charge in [-0.3, -0.25) is 0 Å². The Hall–Kier alpha value is -3.15. The first-order valence-electron chi connectivity index (χ1n) is 8.87. The first-order chi connectivity index (χ1) is 12.9. The molecule has 1 aromatic heterocycles. The Morgan fingerprint density at radius 3 is 2.48 bits per heavy atom. The second kappa shape index (κ2) is 5.19. The zero-order valence-electron chi connectivity index (χ0n) is 14.9. The normalized spacial score (nSPS) is 17.6. The third kappa shape index (κ3) is 2.10. The van der Waals surface area contributed by atoms with Crippen LogP contribution in [0, 0.1) is 6.92 Å². The van der Waals surface area contributed by atoms with Crippen molar-refractivity contribution in [1.82, 2.24) is 4.48 Å². The van der Waals surface area contributed by atoms with Crippen molar-refractivity contribution in [1.29, 1.82) is 0 Å². The molecule has 0 radical (unpaired) electrons. The molecule has 0 aliphatic carbocycles. The molecule has 2 aromatic carbocycles. The van der Waals surface area contributed by atoms with Gasteiger partial charge in [-0.15, -0.1) is 0 Å². The van der Waals surface area contributed by atoms with E-state index in [2.05, 4.69) is 0 Å². The van der Waals surface area contributed by atoms with Crippen LogP contribution in [0.25, 0.3) is 16.3 Å². The number of aromatic nitrogens is 1. The van der Waals surface area contributed by atoms with E-state index < -0.39 is 6.97 Å². The molecule has 0 spiro atoms. The van der Waals surface area contributed by atoms with Gasteiger partial charge >= 0.3 is 6.97 Å². The van der Waals surface area contributed by atoms with Crippen molar-refractivity contribution < 1.29 is 18.2 Å². The molecule has 134 valence electrons. The van der Waals surface area contributed by atoms with E-state index in [1.807, 2.05) is 24.3 Å². The number of benzene rings is 2. The van der Waals surface area contributed by atoms with E-state index in [0.717, 1.165) is 30.9 Å². The number of allylic oxidation sites excluding steroid dienone is 2. The van der Waals surface area contributed by atoms with Gasteiger partial charge in [0.2, 0.25) is 0 Å². The summed E-state index contributed by atoms with van der Waals surface area (Å²) in [7, 11) is 0. The quantitative estimate of drug-likeness (QED) is 0.625. The summed E-state index contributed by atoms with van der Waals surface area (Å²) < 4.78 is 33.0. The fourth-order valence-electron chi connectivity index (χ4n) is 4.26. The number of nitrogens with zero attached hydrogens (tertiary/aromatic N) is 2. The van der Waals surface area contributed by atoms with E-state index in [1.54, 1.807) is 50.3 Å². The van der Waals surface area contributed by atoms with Crippen molar-refractivity contribution >= 4 is 29.0 Å². The van der Waals surface area contributed by atoms with E-state index in [9.17, 15) is 5.11 Å². The number of rotatable bonds is 1. The van der Waals surface area contributed by atoms with Crippen LogP contribution in [0.1, 0.15) is 23.9 Å². The minimum Gasteiger partial charge on any atom is -0.508 e.